The molecule has 4 rings (SSSR count). The summed E-state index contributed by atoms with van der Waals surface area (Å²) in [5, 5.41) is 3.96. The average molecular weight is 342 g/mol. The van der Waals surface area contributed by atoms with Crippen LogP contribution in [0.15, 0.2) is 47.5 Å². The summed E-state index contributed by atoms with van der Waals surface area (Å²) in [5.74, 6) is 0.772. The highest BCUT2D eigenvalue weighted by atomic mass is 32.2. The van der Waals surface area contributed by atoms with Crippen molar-refractivity contribution in [3.05, 3.63) is 48.5 Å². The highest BCUT2D eigenvalue weighted by molar-refractivity contribution is 7.92. The van der Waals surface area contributed by atoms with Gasteiger partial charge in [0.25, 0.3) is 5.89 Å². The fourth-order valence-corrected chi connectivity index (χ4v) is 4.19. The maximum absolute atomic E-state index is 12.0. The molecule has 24 heavy (non-hydrogen) atoms. The van der Waals surface area contributed by atoms with Gasteiger partial charge in [-0.1, -0.05) is 29.4 Å². The van der Waals surface area contributed by atoms with Crippen LogP contribution in [-0.4, -0.2) is 34.8 Å². The molecule has 0 spiro atoms. The minimum absolute atomic E-state index is 0.337. The van der Waals surface area contributed by atoms with E-state index in [-0.39, 0.29) is 0 Å². The molecular weight excluding hydrogens is 328 g/mol. The van der Waals surface area contributed by atoms with Crippen molar-refractivity contribution in [2.75, 3.05) is 6.26 Å². The Morgan fingerprint density at radius 3 is 2.29 bits per heavy atom. The predicted octanol–water partition coefficient (Wildman–Crippen LogP) is 2.23. The molecule has 7 nitrogen and oxygen atoms in total. The summed E-state index contributed by atoms with van der Waals surface area (Å²) in [4.78, 5) is 12.2. The SMILES string of the molecule is CS(=O)(=O)C1(c2ccc(-c3noc(-c4cncnc4)n3)cc2)CC1. The number of sulfone groups is 1. The van der Waals surface area contributed by atoms with Crippen LogP contribution < -0.4 is 0 Å². The third-order valence-electron chi connectivity index (χ3n) is 4.32. The van der Waals surface area contributed by atoms with Gasteiger partial charge in [-0.3, -0.25) is 0 Å². The fourth-order valence-electron chi connectivity index (χ4n) is 2.78. The summed E-state index contributed by atoms with van der Waals surface area (Å²) < 4.78 is 28.5. The summed E-state index contributed by atoms with van der Waals surface area (Å²) in [6.07, 6.45) is 7.25. The van der Waals surface area contributed by atoms with E-state index >= 15 is 0 Å². The molecule has 1 saturated carbocycles. The van der Waals surface area contributed by atoms with E-state index in [4.69, 9.17) is 4.52 Å². The van der Waals surface area contributed by atoms with Gasteiger partial charge in [-0.25, -0.2) is 18.4 Å². The number of nitrogens with zero attached hydrogens (tertiary/aromatic N) is 4. The lowest BCUT2D eigenvalue weighted by Gasteiger charge is -2.13. The van der Waals surface area contributed by atoms with Gasteiger partial charge < -0.3 is 4.52 Å². The molecule has 0 amide bonds. The van der Waals surface area contributed by atoms with E-state index in [9.17, 15) is 8.42 Å². The van der Waals surface area contributed by atoms with Crippen LogP contribution in [0.1, 0.15) is 18.4 Å². The Morgan fingerprint density at radius 2 is 1.71 bits per heavy atom. The quantitative estimate of drug-likeness (QED) is 0.717. The normalized spacial score (nSPS) is 16.0. The molecule has 3 aromatic rings. The smallest absolute Gasteiger partial charge is 0.261 e. The molecule has 0 aliphatic heterocycles. The second-order valence-electron chi connectivity index (χ2n) is 5.89. The van der Waals surface area contributed by atoms with Crippen molar-refractivity contribution in [1.82, 2.24) is 20.1 Å². The maximum atomic E-state index is 12.0. The van der Waals surface area contributed by atoms with Crippen molar-refractivity contribution >= 4 is 9.84 Å². The van der Waals surface area contributed by atoms with Gasteiger partial charge in [-0.2, -0.15) is 4.98 Å². The standard InChI is InChI=1S/C16H14N4O3S/c1-24(21,22)16(6-7-16)13-4-2-11(3-5-13)14-19-15(23-20-14)12-8-17-10-18-9-12/h2-5,8-10H,6-7H2,1H3. The van der Waals surface area contributed by atoms with Gasteiger partial charge in [0.15, 0.2) is 9.84 Å². The van der Waals surface area contributed by atoms with Crippen molar-refractivity contribution in [2.24, 2.45) is 0 Å². The summed E-state index contributed by atoms with van der Waals surface area (Å²) in [7, 11) is -3.12. The largest absolute Gasteiger partial charge is 0.333 e. The van der Waals surface area contributed by atoms with Gasteiger partial charge in [0.05, 0.1) is 10.3 Å². The van der Waals surface area contributed by atoms with Gasteiger partial charge in [0.1, 0.15) is 6.33 Å². The minimum Gasteiger partial charge on any atom is -0.333 e. The van der Waals surface area contributed by atoms with Crippen LogP contribution in [0.4, 0.5) is 0 Å². The molecule has 1 aromatic carbocycles. The number of benzene rings is 1. The molecule has 0 unspecified atom stereocenters. The van der Waals surface area contributed by atoms with Crippen molar-refractivity contribution in [3.63, 3.8) is 0 Å². The van der Waals surface area contributed by atoms with E-state index in [0.717, 1.165) is 11.1 Å². The van der Waals surface area contributed by atoms with E-state index in [1.165, 1.54) is 12.6 Å². The average Bonchev–Trinajstić information content (AvgIpc) is 3.27. The summed E-state index contributed by atoms with van der Waals surface area (Å²) >= 11 is 0. The van der Waals surface area contributed by atoms with Crippen LogP contribution in [0.2, 0.25) is 0 Å². The zero-order valence-corrected chi connectivity index (χ0v) is 13.7. The van der Waals surface area contributed by atoms with E-state index in [2.05, 4.69) is 20.1 Å². The first-order chi connectivity index (χ1) is 11.5. The Kier molecular flexibility index (Phi) is 3.24. The van der Waals surface area contributed by atoms with Crippen molar-refractivity contribution in [1.29, 1.82) is 0 Å². The van der Waals surface area contributed by atoms with Gasteiger partial charge in [-0.05, 0) is 18.4 Å². The monoisotopic (exact) mass is 342 g/mol. The Balaban J connectivity index is 1.64. The number of hydrogen-bond acceptors (Lipinski definition) is 7. The molecule has 0 bridgehead atoms. The fraction of sp³-hybridized carbons (Fsp3) is 0.250. The van der Waals surface area contributed by atoms with Crippen molar-refractivity contribution < 1.29 is 12.9 Å². The summed E-state index contributed by atoms with van der Waals surface area (Å²) in [6, 6.07) is 7.28. The maximum Gasteiger partial charge on any atom is 0.261 e. The third-order valence-corrected chi connectivity index (χ3v) is 6.38. The number of rotatable bonds is 4. The van der Waals surface area contributed by atoms with E-state index in [0.29, 0.717) is 30.1 Å². The molecule has 0 saturated heterocycles. The topological polar surface area (TPSA) is 98.8 Å². The van der Waals surface area contributed by atoms with Gasteiger partial charge in [0.2, 0.25) is 5.82 Å². The second-order valence-corrected chi connectivity index (χ2v) is 8.22. The van der Waals surface area contributed by atoms with E-state index in [1.807, 2.05) is 24.3 Å². The lowest BCUT2D eigenvalue weighted by Crippen LogP contribution is -2.19. The van der Waals surface area contributed by atoms with Crippen LogP contribution in [0.5, 0.6) is 0 Å². The Morgan fingerprint density at radius 1 is 1.04 bits per heavy atom. The molecule has 2 aromatic heterocycles. The first-order valence-corrected chi connectivity index (χ1v) is 9.28. The van der Waals surface area contributed by atoms with Crippen LogP contribution in [0, 0.1) is 0 Å². The van der Waals surface area contributed by atoms with Gasteiger partial charge >= 0.3 is 0 Å². The first-order valence-electron chi connectivity index (χ1n) is 7.39. The first kappa shape index (κ1) is 14.9. The third kappa shape index (κ3) is 2.39. The van der Waals surface area contributed by atoms with E-state index in [1.54, 1.807) is 12.4 Å². The molecule has 1 aliphatic carbocycles. The van der Waals surface area contributed by atoms with Crippen molar-refractivity contribution in [2.45, 2.75) is 17.6 Å². The second kappa shape index (κ2) is 5.20. The van der Waals surface area contributed by atoms with Gasteiger partial charge in [-0.15, -0.1) is 0 Å². The molecule has 0 N–H and O–H groups in total. The van der Waals surface area contributed by atoms with Crippen LogP contribution >= 0.6 is 0 Å². The predicted molar refractivity (Wildman–Crippen MR) is 86.5 cm³/mol. The molecular formula is C16H14N4O3S. The summed E-state index contributed by atoms with van der Waals surface area (Å²) in [5.41, 5.74) is 2.21. The molecule has 122 valence electrons. The summed E-state index contributed by atoms with van der Waals surface area (Å²) in [6.45, 7) is 0. The molecule has 0 radical (unpaired) electrons. The molecule has 8 heteroatoms. The molecule has 0 atom stereocenters. The van der Waals surface area contributed by atoms with Crippen LogP contribution in [0.3, 0.4) is 0 Å². The zero-order valence-electron chi connectivity index (χ0n) is 12.9. The zero-order chi connectivity index (χ0) is 16.8. The highest BCUT2D eigenvalue weighted by Crippen LogP contribution is 2.52. The highest BCUT2D eigenvalue weighted by Gasteiger charge is 2.53. The molecule has 1 aliphatic rings. The van der Waals surface area contributed by atoms with Gasteiger partial charge in [0, 0.05) is 24.2 Å². The van der Waals surface area contributed by atoms with Crippen LogP contribution in [-0.2, 0) is 14.6 Å². The Labute approximate surface area is 138 Å². The van der Waals surface area contributed by atoms with Crippen LogP contribution in [0.25, 0.3) is 22.8 Å². The number of hydrogen-bond donors (Lipinski definition) is 0. The lowest BCUT2D eigenvalue weighted by atomic mass is 10.1. The van der Waals surface area contributed by atoms with Crippen molar-refractivity contribution in [3.8, 4) is 22.8 Å². The minimum atomic E-state index is -3.12. The molecule has 1 fully saturated rings. The Hall–Kier alpha value is -2.61. The Bertz CT molecular complexity index is 978. The lowest BCUT2D eigenvalue weighted by molar-refractivity contribution is 0.432. The van der Waals surface area contributed by atoms with E-state index < -0.39 is 14.6 Å². The molecule has 2 heterocycles. The number of aromatic nitrogens is 4.